The first-order valence-electron chi connectivity index (χ1n) is 7.76. The lowest BCUT2D eigenvalue weighted by Gasteiger charge is -2.12. The molecule has 0 saturated carbocycles. The lowest BCUT2D eigenvalue weighted by molar-refractivity contribution is -0.121. The third kappa shape index (κ3) is 3.67. The number of halogens is 2. The number of ether oxygens (including phenoxy) is 1. The molecule has 0 radical (unpaired) electrons. The van der Waals surface area contributed by atoms with Crippen molar-refractivity contribution >= 4 is 16.9 Å². The Labute approximate surface area is 132 Å². The zero-order valence-corrected chi connectivity index (χ0v) is 12.7. The van der Waals surface area contributed by atoms with E-state index >= 15 is 0 Å². The van der Waals surface area contributed by atoms with E-state index in [4.69, 9.17) is 4.74 Å². The summed E-state index contributed by atoms with van der Waals surface area (Å²) in [6, 6.07) is 4.87. The third-order valence-corrected chi connectivity index (χ3v) is 4.02. The lowest BCUT2D eigenvalue weighted by Crippen LogP contribution is -2.32. The molecule has 1 aliphatic rings. The third-order valence-electron chi connectivity index (χ3n) is 4.02. The Balaban J connectivity index is 1.63. The minimum absolute atomic E-state index is 0.0738. The first kappa shape index (κ1) is 15.9. The van der Waals surface area contributed by atoms with Gasteiger partial charge in [-0.05, 0) is 31.0 Å². The van der Waals surface area contributed by atoms with Gasteiger partial charge in [0.15, 0.2) is 0 Å². The SMILES string of the molecule is O=C(CCn1c(C(F)F)cc2cccnc21)NCC1CCCO1. The highest BCUT2D eigenvalue weighted by molar-refractivity contribution is 5.78. The molecule has 124 valence electrons. The Morgan fingerprint density at radius 1 is 1.52 bits per heavy atom. The molecule has 7 heteroatoms. The van der Waals surface area contributed by atoms with E-state index < -0.39 is 6.43 Å². The number of aromatic nitrogens is 2. The van der Waals surface area contributed by atoms with Gasteiger partial charge in [-0.3, -0.25) is 4.79 Å². The number of nitrogens with one attached hydrogen (secondary N) is 1. The zero-order valence-electron chi connectivity index (χ0n) is 12.7. The van der Waals surface area contributed by atoms with E-state index in [1.807, 2.05) is 0 Å². The summed E-state index contributed by atoms with van der Waals surface area (Å²) in [5, 5.41) is 3.45. The number of fused-ring (bicyclic) bond motifs is 1. The van der Waals surface area contributed by atoms with Crippen molar-refractivity contribution in [3.8, 4) is 0 Å². The summed E-state index contributed by atoms with van der Waals surface area (Å²) in [6.45, 7) is 1.39. The standard InChI is InChI=1S/C16H19F2N3O2/c17-15(18)13-9-11-3-1-6-19-16(11)21(13)7-5-14(22)20-10-12-4-2-8-23-12/h1,3,6,9,12,15H,2,4-5,7-8,10H2,(H,20,22). The number of aryl methyl sites for hydroxylation is 1. The fraction of sp³-hybridized carbons (Fsp3) is 0.500. The van der Waals surface area contributed by atoms with Crippen LogP contribution in [0.3, 0.4) is 0 Å². The Bertz CT molecular complexity index is 681. The van der Waals surface area contributed by atoms with Crippen molar-refractivity contribution in [1.82, 2.24) is 14.9 Å². The van der Waals surface area contributed by atoms with Crippen LogP contribution in [0.15, 0.2) is 24.4 Å². The maximum atomic E-state index is 13.2. The van der Waals surface area contributed by atoms with E-state index in [2.05, 4.69) is 10.3 Å². The highest BCUT2D eigenvalue weighted by atomic mass is 19.3. The predicted octanol–water partition coefficient (Wildman–Crippen LogP) is 2.66. The molecule has 1 atom stereocenters. The summed E-state index contributed by atoms with van der Waals surface area (Å²) in [6.07, 6.45) is 1.13. The molecule has 5 nitrogen and oxygen atoms in total. The van der Waals surface area contributed by atoms with Crippen LogP contribution in [-0.2, 0) is 16.1 Å². The number of carbonyl (C=O) groups is 1. The molecule has 1 aliphatic heterocycles. The molecular formula is C16H19F2N3O2. The summed E-state index contributed by atoms with van der Waals surface area (Å²) < 4.78 is 33.2. The second-order valence-electron chi connectivity index (χ2n) is 5.63. The van der Waals surface area contributed by atoms with E-state index in [9.17, 15) is 13.6 Å². The molecule has 2 aromatic heterocycles. The van der Waals surface area contributed by atoms with Crippen LogP contribution in [-0.4, -0.2) is 34.7 Å². The topological polar surface area (TPSA) is 56.2 Å². The van der Waals surface area contributed by atoms with E-state index in [-0.39, 0.29) is 30.7 Å². The van der Waals surface area contributed by atoms with Gasteiger partial charge in [0.1, 0.15) is 5.65 Å². The molecular weight excluding hydrogens is 304 g/mol. The quantitative estimate of drug-likeness (QED) is 0.889. The maximum Gasteiger partial charge on any atom is 0.278 e. The van der Waals surface area contributed by atoms with Crippen molar-refractivity contribution in [2.45, 2.75) is 38.3 Å². The van der Waals surface area contributed by atoms with Gasteiger partial charge in [0.05, 0.1) is 11.8 Å². The van der Waals surface area contributed by atoms with E-state index in [0.717, 1.165) is 19.4 Å². The van der Waals surface area contributed by atoms with Crippen LogP contribution in [0.4, 0.5) is 8.78 Å². The molecule has 2 aromatic rings. The summed E-state index contributed by atoms with van der Waals surface area (Å²) in [5.74, 6) is -0.168. The second kappa shape index (κ2) is 7.04. The molecule has 23 heavy (non-hydrogen) atoms. The fourth-order valence-corrected chi connectivity index (χ4v) is 2.86. The molecule has 3 heterocycles. The summed E-state index contributed by atoms with van der Waals surface area (Å²) in [7, 11) is 0. The Morgan fingerprint density at radius 2 is 2.39 bits per heavy atom. The first-order valence-corrected chi connectivity index (χ1v) is 7.76. The number of hydrogen-bond donors (Lipinski definition) is 1. The summed E-state index contributed by atoms with van der Waals surface area (Å²) in [5.41, 5.74) is 0.375. The van der Waals surface area contributed by atoms with Gasteiger partial charge >= 0.3 is 0 Å². The van der Waals surface area contributed by atoms with Crippen molar-refractivity contribution in [3.05, 3.63) is 30.1 Å². The Hall–Kier alpha value is -2.02. The van der Waals surface area contributed by atoms with Crippen LogP contribution in [0.2, 0.25) is 0 Å². The Morgan fingerprint density at radius 3 is 3.13 bits per heavy atom. The van der Waals surface area contributed by atoms with Gasteiger partial charge in [0.25, 0.3) is 6.43 Å². The predicted molar refractivity (Wildman–Crippen MR) is 81.3 cm³/mol. The van der Waals surface area contributed by atoms with Gasteiger partial charge in [-0.25, -0.2) is 13.8 Å². The normalized spacial score (nSPS) is 18.0. The Kier molecular flexibility index (Phi) is 4.85. The highest BCUT2D eigenvalue weighted by Gasteiger charge is 2.19. The van der Waals surface area contributed by atoms with Gasteiger partial charge < -0.3 is 14.6 Å². The van der Waals surface area contributed by atoms with Crippen LogP contribution in [0, 0.1) is 0 Å². The molecule has 1 N–H and O–H groups in total. The number of hydrogen-bond acceptors (Lipinski definition) is 3. The van der Waals surface area contributed by atoms with E-state index in [1.165, 1.54) is 10.6 Å². The van der Waals surface area contributed by atoms with Gasteiger partial charge in [0.2, 0.25) is 5.91 Å². The largest absolute Gasteiger partial charge is 0.376 e. The van der Waals surface area contributed by atoms with Gasteiger partial charge in [-0.15, -0.1) is 0 Å². The van der Waals surface area contributed by atoms with Crippen LogP contribution in [0.25, 0.3) is 11.0 Å². The number of amides is 1. The molecule has 1 unspecified atom stereocenters. The minimum Gasteiger partial charge on any atom is -0.376 e. The van der Waals surface area contributed by atoms with Crippen molar-refractivity contribution in [2.24, 2.45) is 0 Å². The van der Waals surface area contributed by atoms with Crippen molar-refractivity contribution < 1.29 is 18.3 Å². The number of alkyl halides is 2. The molecule has 0 bridgehead atoms. The van der Waals surface area contributed by atoms with E-state index in [1.54, 1.807) is 18.3 Å². The second-order valence-corrected chi connectivity index (χ2v) is 5.63. The van der Waals surface area contributed by atoms with Crippen molar-refractivity contribution in [1.29, 1.82) is 0 Å². The molecule has 0 aromatic carbocycles. The molecule has 1 saturated heterocycles. The maximum absolute atomic E-state index is 13.2. The highest BCUT2D eigenvalue weighted by Crippen LogP contribution is 2.26. The average molecular weight is 323 g/mol. The van der Waals surface area contributed by atoms with E-state index in [0.29, 0.717) is 17.6 Å². The first-order chi connectivity index (χ1) is 11.1. The van der Waals surface area contributed by atoms with Crippen molar-refractivity contribution in [2.75, 3.05) is 13.2 Å². The fourth-order valence-electron chi connectivity index (χ4n) is 2.86. The number of rotatable bonds is 6. The molecule has 0 aliphatic carbocycles. The smallest absolute Gasteiger partial charge is 0.278 e. The number of pyridine rings is 1. The van der Waals surface area contributed by atoms with Crippen LogP contribution in [0.1, 0.15) is 31.4 Å². The average Bonchev–Trinajstić information content (AvgIpc) is 3.18. The molecule has 0 spiro atoms. The van der Waals surface area contributed by atoms with Gasteiger partial charge in [-0.1, -0.05) is 0 Å². The summed E-state index contributed by atoms with van der Waals surface area (Å²) >= 11 is 0. The van der Waals surface area contributed by atoms with Gasteiger partial charge in [-0.2, -0.15) is 0 Å². The number of nitrogens with zero attached hydrogens (tertiary/aromatic N) is 2. The molecule has 1 fully saturated rings. The minimum atomic E-state index is -2.60. The monoisotopic (exact) mass is 323 g/mol. The molecule has 1 amide bonds. The van der Waals surface area contributed by atoms with Crippen molar-refractivity contribution in [3.63, 3.8) is 0 Å². The van der Waals surface area contributed by atoms with Crippen LogP contribution < -0.4 is 5.32 Å². The summed E-state index contributed by atoms with van der Waals surface area (Å²) in [4.78, 5) is 16.1. The van der Waals surface area contributed by atoms with Crippen LogP contribution >= 0.6 is 0 Å². The lowest BCUT2D eigenvalue weighted by atomic mass is 10.2. The molecule has 3 rings (SSSR count). The van der Waals surface area contributed by atoms with Crippen LogP contribution in [0.5, 0.6) is 0 Å². The van der Waals surface area contributed by atoms with Gasteiger partial charge in [0, 0.05) is 37.7 Å². The zero-order chi connectivity index (χ0) is 16.2. The number of carbonyl (C=O) groups excluding carboxylic acids is 1.